The fraction of sp³-hybridized carbons (Fsp3) is 0.467. The van der Waals surface area contributed by atoms with Crippen molar-refractivity contribution in [2.75, 3.05) is 19.5 Å². The summed E-state index contributed by atoms with van der Waals surface area (Å²) < 4.78 is 9.56. The molecule has 2 rings (SSSR count). The van der Waals surface area contributed by atoms with E-state index >= 15 is 0 Å². The van der Waals surface area contributed by atoms with E-state index < -0.39 is 17.9 Å². The molecule has 0 amide bonds. The van der Waals surface area contributed by atoms with Gasteiger partial charge in [-0.25, -0.2) is 0 Å². The van der Waals surface area contributed by atoms with Gasteiger partial charge in [-0.3, -0.25) is 9.59 Å². The minimum absolute atomic E-state index is 0.173. The van der Waals surface area contributed by atoms with Crippen molar-refractivity contribution in [3.05, 3.63) is 29.8 Å². The molecule has 1 N–H and O–H groups in total. The van der Waals surface area contributed by atoms with E-state index in [1.54, 1.807) is 0 Å². The first kappa shape index (κ1) is 14.4. The number of ether oxygens (including phenoxy) is 2. The predicted molar refractivity (Wildman–Crippen MR) is 74.4 cm³/mol. The number of methoxy groups -OCH3 is 2. The maximum Gasteiger partial charge on any atom is 0.320 e. The van der Waals surface area contributed by atoms with Crippen molar-refractivity contribution < 1.29 is 19.1 Å². The van der Waals surface area contributed by atoms with Crippen molar-refractivity contribution in [2.24, 2.45) is 5.92 Å². The highest BCUT2D eigenvalue weighted by Crippen LogP contribution is 2.39. The molecule has 1 aromatic carbocycles. The number of nitrogens with one attached hydrogen (secondary N) is 1. The fourth-order valence-electron chi connectivity index (χ4n) is 2.78. The molecule has 0 fully saturated rings. The average molecular weight is 277 g/mol. The normalized spacial score (nSPS) is 20.8. The zero-order valence-corrected chi connectivity index (χ0v) is 11.9. The van der Waals surface area contributed by atoms with Gasteiger partial charge >= 0.3 is 11.9 Å². The second-order valence-corrected chi connectivity index (χ2v) is 5.00. The lowest BCUT2D eigenvalue weighted by atomic mass is 9.78. The third-order valence-corrected chi connectivity index (χ3v) is 3.68. The van der Waals surface area contributed by atoms with Gasteiger partial charge in [0.05, 0.1) is 14.2 Å². The van der Waals surface area contributed by atoms with Crippen LogP contribution in [0.25, 0.3) is 0 Å². The quantitative estimate of drug-likeness (QED) is 0.675. The van der Waals surface area contributed by atoms with E-state index in [4.69, 9.17) is 9.47 Å². The zero-order chi connectivity index (χ0) is 14.7. The van der Waals surface area contributed by atoms with Crippen LogP contribution in [-0.2, 0) is 19.1 Å². The lowest BCUT2D eigenvalue weighted by Gasteiger charge is -2.33. The standard InChI is InChI=1S/C15H19NO4/c1-9-8-11(10-6-4-5-7-12(10)16-9)13(14(17)19-2)15(18)20-3/h4-7,9,11,13,16H,8H2,1-3H3/t9-,11+/m1/s1. The molecule has 1 aromatic rings. The van der Waals surface area contributed by atoms with E-state index in [9.17, 15) is 9.59 Å². The third kappa shape index (κ3) is 2.61. The second kappa shape index (κ2) is 5.94. The molecule has 5 heteroatoms. The van der Waals surface area contributed by atoms with Crippen molar-refractivity contribution >= 4 is 17.6 Å². The van der Waals surface area contributed by atoms with Crippen LogP contribution >= 0.6 is 0 Å². The molecule has 0 radical (unpaired) electrons. The topological polar surface area (TPSA) is 64.6 Å². The van der Waals surface area contributed by atoms with E-state index in [1.165, 1.54) is 14.2 Å². The van der Waals surface area contributed by atoms with Gasteiger partial charge in [0.2, 0.25) is 0 Å². The van der Waals surface area contributed by atoms with Crippen molar-refractivity contribution in [3.8, 4) is 0 Å². The zero-order valence-electron chi connectivity index (χ0n) is 11.9. The van der Waals surface area contributed by atoms with Crippen LogP contribution in [0, 0.1) is 5.92 Å². The van der Waals surface area contributed by atoms with Gasteiger partial charge in [-0.1, -0.05) is 18.2 Å². The van der Waals surface area contributed by atoms with E-state index in [-0.39, 0.29) is 12.0 Å². The maximum atomic E-state index is 12.0. The second-order valence-electron chi connectivity index (χ2n) is 5.00. The summed E-state index contributed by atoms with van der Waals surface area (Å²) in [5, 5.41) is 3.35. The first-order chi connectivity index (χ1) is 9.58. The molecule has 0 bridgehead atoms. The Morgan fingerprint density at radius 2 is 1.80 bits per heavy atom. The minimum atomic E-state index is -0.921. The molecule has 1 heterocycles. The third-order valence-electron chi connectivity index (χ3n) is 3.68. The molecule has 2 atom stereocenters. The number of fused-ring (bicyclic) bond motifs is 1. The van der Waals surface area contributed by atoms with Crippen LogP contribution in [0.2, 0.25) is 0 Å². The predicted octanol–water partition coefficient (Wildman–Crippen LogP) is 1.94. The van der Waals surface area contributed by atoms with E-state index in [0.717, 1.165) is 11.3 Å². The molecule has 0 spiro atoms. The summed E-state index contributed by atoms with van der Waals surface area (Å²) in [7, 11) is 2.57. The first-order valence-corrected chi connectivity index (χ1v) is 6.59. The molecule has 1 aliphatic rings. The molecule has 0 saturated heterocycles. The number of rotatable bonds is 3. The fourth-order valence-corrected chi connectivity index (χ4v) is 2.78. The van der Waals surface area contributed by atoms with E-state index in [1.807, 2.05) is 31.2 Å². The van der Waals surface area contributed by atoms with E-state index in [2.05, 4.69) is 5.32 Å². The summed E-state index contributed by atoms with van der Waals surface area (Å²) in [5.41, 5.74) is 1.90. The lowest BCUT2D eigenvalue weighted by molar-refractivity contribution is -0.160. The molecule has 0 aromatic heterocycles. The van der Waals surface area contributed by atoms with Crippen LogP contribution < -0.4 is 5.32 Å². The highest BCUT2D eigenvalue weighted by Gasteiger charge is 2.41. The number of hydrogen-bond acceptors (Lipinski definition) is 5. The van der Waals surface area contributed by atoms with Crippen molar-refractivity contribution in [2.45, 2.75) is 25.3 Å². The largest absolute Gasteiger partial charge is 0.468 e. The van der Waals surface area contributed by atoms with Gasteiger partial charge in [0.1, 0.15) is 0 Å². The van der Waals surface area contributed by atoms with Gasteiger partial charge in [0.15, 0.2) is 5.92 Å². The summed E-state index contributed by atoms with van der Waals surface area (Å²) >= 11 is 0. The number of hydrogen-bond donors (Lipinski definition) is 1. The number of carbonyl (C=O) groups excluding carboxylic acids is 2. The summed E-state index contributed by atoms with van der Waals surface area (Å²) in [6, 6.07) is 7.87. The number of esters is 2. The smallest absolute Gasteiger partial charge is 0.320 e. The van der Waals surface area contributed by atoms with Crippen LogP contribution in [0.1, 0.15) is 24.8 Å². The van der Waals surface area contributed by atoms with Gasteiger partial charge in [0, 0.05) is 17.6 Å². The summed E-state index contributed by atoms with van der Waals surface area (Å²) in [6.45, 7) is 2.02. The highest BCUT2D eigenvalue weighted by atomic mass is 16.5. The Kier molecular flexibility index (Phi) is 4.27. The Labute approximate surface area is 118 Å². The SMILES string of the molecule is COC(=O)C(C(=O)OC)[C@H]1C[C@@H](C)Nc2ccccc21. The molecule has 0 aliphatic carbocycles. The monoisotopic (exact) mass is 277 g/mol. The summed E-state index contributed by atoms with van der Waals surface area (Å²) in [6.07, 6.45) is 0.673. The lowest BCUT2D eigenvalue weighted by Crippen LogP contribution is -2.37. The van der Waals surface area contributed by atoms with Crippen LogP contribution in [0.3, 0.4) is 0 Å². The number of para-hydroxylation sites is 1. The van der Waals surface area contributed by atoms with Crippen molar-refractivity contribution in [1.29, 1.82) is 0 Å². The van der Waals surface area contributed by atoms with Crippen LogP contribution in [0.4, 0.5) is 5.69 Å². The van der Waals surface area contributed by atoms with Gasteiger partial charge in [-0.05, 0) is 25.0 Å². The Morgan fingerprint density at radius 1 is 1.20 bits per heavy atom. The molecule has 0 saturated carbocycles. The molecule has 5 nitrogen and oxygen atoms in total. The Hall–Kier alpha value is -2.04. The number of anilines is 1. The average Bonchev–Trinajstić information content (AvgIpc) is 2.46. The van der Waals surface area contributed by atoms with Crippen LogP contribution in [-0.4, -0.2) is 32.2 Å². The number of benzene rings is 1. The van der Waals surface area contributed by atoms with E-state index in [0.29, 0.717) is 6.42 Å². The van der Waals surface area contributed by atoms with Crippen LogP contribution in [0.15, 0.2) is 24.3 Å². The first-order valence-electron chi connectivity index (χ1n) is 6.59. The van der Waals surface area contributed by atoms with Crippen molar-refractivity contribution in [1.82, 2.24) is 0 Å². The highest BCUT2D eigenvalue weighted by molar-refractivity contribution is 5.96. The Morgan fingerprint density at radius 3 is 2.40 bits per heavy atom. The summed E-state index contributed by atoms with van der Waals surface area (Å²) in [5.74, 6) is -2.26. The van der Waals surface area contributed by atoms with Gasteiger partial charge < -0.3 is 14.8 Å². The molecule has 108 valence electrons. The van der Waals surface area contributed by atoms with Gasteiger partial charge in [-0.2, -0.15) is 0 Å². The van der Waals surface area contributed by atoms with Crippen LogP contribution in [0.5, 0.6) is 0 Å². The minimum Gasteiger partial charge on any atom is -0.468 e. The summed E-state index contributed by atoms with van der Waals surface area (Å²) in [4.78, 5) is 24.0. The molecular formula is C15H19NO4. The maximum absolute atomic E-state index is 12.0. The molecule has 20 heavy (non-hydrogen) atoms. The number of carbonyl (C=O) groups is 2. The Bertz CT molecular complexity index is 498. The Balaban J connectivity index is 2.43. The molecule has 0 unspecified atom stereocenters. The van der Waals surface area contributed by atoms with Crippen molar-refractivity contribution in [3.63, 3.8) is 0 Å². The molecular weight excluding hydrogens is 258 g/mol. The molecule has 1 aliphatic heterocycles. The van der Waals surface area contributed by atoms with Gasteiger partial charge in [0.25, 0.3) is 0 Å². The van der Waals surface area contributed by atoms with Gasteiger partial charge in [-0.15, -0.1) is 0 Å².